The monoisotopic (exact) mass is 440 g/mol. The molecule has 160 valence electrons. The smallest absolute Gasteiger partial charge is 0.173 e. The molecule has 5 nitrogen and oxygen atoms in total. The van der Waals surface area contributed by atoms with E-state index < -0.39 is 0 Å². The second-order valence-electron chi connectivity index (χ2n) is 7.32. The third-order valence-electron chi connectivity index (χ3n) is 4.84. The number of Topliss-reactive ketones (excluding diaryl/α,β-unsaturated/α-hetero) is 1. The van der Waals surface area contributed by atoms with Crippen molar-refractivity contribution in [2.45, 2.75) is 13.5 Å². The number of carbonyl (C=O) groups excluding carboxylic acids is 1. The van der Waals surface area contributed by atoms with Gasteiger partial charge in [0, 0.05) is 17.3 Å². The zero-order valence-electron chi connectivity index (χ0n) is 17.8. The van der Waals surface area contributed by atoms with Crippen molar-refractivity contribution in [3.05, 3.63) is 108 Å². The van der Waals surface area contributed by atoms with E-state index in [1.807, 2.05) is 85.8 Å². The fourth-order valence-electron chi connectivity index (χ4n) is 3.16. The van der Waals surface area contributed by atoms with Gasteiger partial charge in [-0.2, -0.15) is 5.10 Å². The van der Waals surface area contributed by atoms with Crippen molar-refractivity contribution in [3.63, 3.8) is 0 Å². The van der Waals surface area contributed by atoms with Crippen molar-refractivity contribution in [2.24, 2.45) is 4.99 Å². The molecule has 4 rings (SSSR count). The highest BCUT2D eigenvalue weighted by Crippen LogP contribution is 2.20. The summed E-state index contributed by atoms with van der Waals surface area (Å²) >= 11 is 1.38. The van der Waals surface area contributed by atoms with Gasteiger partial charge < -0.3 is 5.32 Å². The van der Waals surface area contributed by atoms with Gasteiger partial charge in [-0.25, -0.2) is 0 Å². The van der Waals surface area contributed by atoms with Gasteiger partial charge in [0.15, 0.2) is 16.8 Å². The van der Waals surface area contributed by atoms with Crippen molar-refractivity contribution >= 4 is 28.5 Å². The van der Waals surface area contributed by atoms with Gasteiger partial charge >= 0.3 is 0 Å². The Hall–Kier alpha value is -3.64. The summed E-state index contributed by atoms with van der Waals surface area (Å²) in [4.78, 5) is 17.5. The summed E-state index contributed by atoms with van der Waals surface area (Å²) in [7, 11) is 0. The number of aromatic nitrogens is 2. The first-order valence-electron chi connectivity index (χ1n) is 10.4. The van der Waals surface area contributed by atoms with Gasteiger partial charge in [0.25, 0.3) is 0 Å². The lowest BCUT2D eigenvalue weighted by atomic mass is 10.0. The van der Waals surface area contributed by atoms with Crippen LogP contribution in [0.2, 0.25) is 0 Å². The number of anilines is 1. The highest BCUT2D eigenvalue weighted by Gasteiger charge is 2.11. The van der Waals surface area contributed by atoms with Crippen molar-refractivity contribution in [1.82, 2.24) is 10.2 Å². The first-order valence-corrected chi connectivity index (χ1v) is 11.3. The van der Waals surface area contributed by atoms with E-state index in [-0.39, 0.29) is 11.5 Å². The number of amidine groups is 1. The van der Waals surface area contributed by atoms with Crippen LogP contribution in [0.3, 0.4) is 0 Å². The van der Waals surface area contributed by atoms with Gasteiger partial charge in [-0.15, -0.1) is 0 Å². The summed E-state index contributed by atoms with van der Waals surface area (Å²) in [6.45, 7) is 2.47. The van der Waals surface area contributed by atoms with Crippen LogP contribution in [0.1, 0.15) is 21.6 Å². The maximum Gasteiger partial charge on any atom is 0.173 e. The zero-order chi connectivity index (χ0) is 22.2. The first kappa shape index (κ1) is 21.6. The molecule has 0 unspecified atom stereocenters. The van der Waals surface area contributed by atoms with Crippen LogP contribution in [0.5, 0.6) is 0 Å². The Labute approximate surface area is 192 Å². The molecule has 0 amide bonds. The Morgan fingerprint density at radius 1 is 0.938 bits per heavy atom. The van der Waals surface area contributed by atoms with E-state index in [4.69, 9.17) is 0 Å². The lowest BCUT2D eigenvalue weighted by molar-refractivity contribution is 0.102. The molecule has 6 heteroatoms. The van der Waals surface area contributed by atoms with E-state index >= 15 is 0 Å². The number of ketones is 1. The molecule has 1 aromatic heterocycles. The Kier molecular flexibility index (Phi) is 7.15. The van der Waals surface area contributed by atoms with E-state index in [2.05, 4.69) is 32.6 Å². The third kappa shape index (κ3) is 5.95. The SMILES string of the molecule is Cc1cc(NC(=NCc2ccccc2)SCC(=O)c2ccc(-c3ccccc3)cc2)n[nH]1. The Morgan fingerprint density at radius 2 is 1.59 bits per heavy atom. The van der Waals surface area contributed by atoms with Gasteiger partial charge in [0.1, 0.15) is 0 Å². The molecule has 0 saturated carbocycles. The molecular formula is C26H24N4OS. The molecule has 0 spiro atoms. The van der Waals surface area contributed by atoms with E-state index in [1.54, 1.807) is 0 Å². The molecule has 0 aliphatic carbocycles. The van der Waals surface area contributed by atoms with Crippen LogP contribution >= 0.6 is 11.8 Å². The largest absolute Gasteiger partial charge is 0.318 e. The second kappa shape index (κ2) is 10.6. The van der Waals surface area contributed by atoms with E-state index in [1.165, 1.54) is 11.8 Å². The number of aryl methyl sites for hydroxylation is 1. The van der Waals surface area contributed by atoms with Crippen LogP contribution in [0, 0.1) is 6.92 Å². The van der Waals surface area contributed by atoms with Gasteiger partial charge in [-0.1, -0.05) is 96.7 Å². The number of hydrogen-bond acceptors (Lipinski definition) is 4. The highest BCUT2D eigenvalue weighted by molar-refractivity contribution is 8.14. The van der Waals surface area contributed by atoms with Gasteiger partial charge in [-0.05, 0) is 23.6 Å². The number of hydrogen-bond donors (Lipinski definition) is 2. The number of aromatic amines is 1. The van der Waals surface area contributed by atoms with Crippen LogP contribution in [-0.2, 0) is 6.54 Å². The van der Waals surface area contributed by atoms with Crippen molar-refractivity contribution < 1.29 is 4.79 Å². The topological polar surface area (TPSA) is 70.1 Å². The minimum Gasteiger partial charge on any atom is -0.318 e. The fourth-order valence-corrected chi connectivity index (χ4v) is 3.92. The van der Waals surface area contributed by atoms with Crippen LogP contribution in [0.15, 0.2) is 96.0 Å². The fraction of sp³-hybridized carbons (Fsp3) is 0.115. The van der Waals surface area contributed by atoms with Crippen molar-refractivity contribution in [3.8, 4) is 11.1 Å². The maximum absolute atomic E-state index is 12.8. The number of carbonyl (C=O) groups is 1. The molecule has 1 heterocycles. The summed E-state index contributed by atoms with van der Waals surface area (Å²) in [5, 5.41) is 11.0. The second-order valence-corrected chi connectivity index (χ2v) is 8.29. The average molecular weight is 441 g/mol. The molecule has 0 radical (unpaired) electrons. The molecule has 0 aliphatic rings. The van der Waals surface area contributed by atoms with Crippen LogP contribution < -0.4 is 5.32 Å². The van der Waals surface area contributed by atoms with E-state index in [0.29, 0.717) is 23.1 Å². The molecule has 0 bridgehead atoms. The number of thioether (sulfide) groups is 1. The number of nitrogens with zero attached hydrogens (tertiary/aromatic N) is 2. The number of aliphatic imine (C=N–C) groups is 1. The normalized spacial score (nSPS) is 11.3. The lowest BCUT2D eigenvalue weighted by Gasteiger charge is -2.08. The zero-order valence-corrected chi connectivity index (χ0v) is 18.6. The molecule has 0 saturated heterocycles. The minimum atomic E-state index is 0.0574. The number of H-pyrrole nitrogens is 1. The van der Waals surface area contributed by atoms with Gasteiger partial charge in [-0.3, -0.25) is 14.9 Å². The van der Waals surface area contributed by atoms with Crippen molar-refractivity contribution in [2.75, 3.05) is 11.1 Å². The molecule has 2 N–H and O–H groups in total. The molecular weight excluding hydrogens is 416 g/mol. The Balaban J connectivity index is 1.42. The van der Waals surface area contributed by atoms with Gasteiger partial charge in [0.2, 0.25) is 0 Å². The number of nitrogens with one attached hydrogen (secondary N) is 2. The van der Waals surface area contributed by atoms with Gasteiger partial charge in [0.05, 0.1) is 12.3 Å². The summed E-state index contributed by atoms with van der Waals surface area (Å²) in [5.41, 5.74) is 4.98. The molecule has 32 heavy (non-hydrogen) atoms. The molecule has 0 aliphatic heterocycles. The molecule has 3 aromatic carbocycles. The molecule has 0 atom stereocenters. The average Bonchev–Trinajstić information content (AvgIpc) is 3.26. The van der Waals surface area contributed by atoms with E-state index in [0.717, 1.165) is 22.4 Å². The minimum absolute atomic E-state index is 0.0574. The highest BCUT2D eigenvalue weighted by atomic mass is 32.2. The summed E-state index contributed by atoms with van der Waals surface area (Å²) in [5.74, 6) is 1.03. The summed E-state index contributed by atoms with van der Waals surface area (Å²) in [6.07, 6.45) is 0. The Morgan fingerprint density at radius 3 is 2.25 bits per heavy atom. The standard InChI is InChI=1S/C26H24N4OS/c1-19-16-25(30-29-19)28-26(27-17-20-8-4-2-5-9-20)32-18-24(31)23-14-12-22(13-15-23)21-10-6-3-7-11-21/h2-16H,17-18H2,1H3,(H2,27,28,29,30). The number of benzene rings is 3. The predicted molar refractivity (Wildman–Crippen MR) is 133 cm³/mol. The third-order valence-corrected chi connectivity index (χ3v) is 5.75. The Bertz CT molecular complexity index is 1190. The predicted octanol–water partition coefficient (Wildman–Crippen LogP) is 5.97. The lowest BCUT2D eigenvalue weighted by Crippen LogP contribution is -2.13. The van der Waals surface area contributed by atoms with E-state index in [9.17, 15) is 4.79 Å². The van der Waals surface area contributed by atoms with Crippen LogP contribution in [0.4, 0.5) is 5.82 Å². The van der Waals surface area contributed by atoms with Crippen LogP contribution in [0.25, 0.3) is 11.1 Å². The quantitative estimate of drug-likeness (QED) is 0.211. The number of rotatable bonds is 7. The molecule has 0 fully saturated rings. The maximum atomic E-state index is 12.8. The summed E-state index contributed by atoms with van der Waals surface area (Å²) in [6, 6.07) is 29.8. The van der Waals surface area contributed by atoms with Crippen molar-refractivity contribution in [1.29, 1.82) is 0 Å². The summed E-state index contributed by atoms with van der Waals surface area (Å²) < 4.78 is 0. The van der Waals surface area contributed by atoms with Crippen LogP contribution in [-0.4, -0.2) is 26.9 Å². The first-order chi connectivity index (χ1) is 15.7. The molecule has 4 aromatic rings.